The molecular weight excluding hydrogens is 352 g/mol. The molecule has 1 saturated heterocycles. The van der Waals surface area contributed by atoms with Crippen molar-refractivity contribution < 1.29 is 9.72 Å². The van der Waals surface area contributed by atoms with Gasteiger partial charge in [-0.25, -0.2) is 19.7 Å². The van der Waals surface area contributed by atoms with E-state index in [1.54, 1.807) is 11.2 Å². The zero-order chi connectivity index (χ0) is 18.8. The highest BCUT2D eigenvalue weighted by molar-refractivity contribution is 5.90. The first-order chi connectivity index (χ1) is 13.1. The molecule has 0 atom stereocenters. The van der Waals surface area contributed by atoms with Crippen LogP contribution in [0.4, 0.5) is 22.0 Å². The van der Waals surface area contributed by atoms with Crippen LogP contribution in [-0.4, -0.2) is 62.0 Å². The SMILES string of the molecule is O=C(Nc1ccc([N+](=O)[O-])cc1)N1CCN(c2ncnc3nc[nH]c23)CC1. The van der Waals surface area contributed by atoms with E-state index in [-0.39, 0.29) is 11.7 Å². The van der Waals surface area contributed by atoms with E-state index in [0.717, 1.165) is 11.3 Å². The van der Waals surface area contributed by atoms with E-state index < -0.39 is 4.92 Å². The number of carbonyl (C=O) groups excluding carboxylic acids is 1. The number of urea groups is 1. The molecule has 1 aliphatic rings. The van der Waals surface area contributed by atoms with Crippen molar-refractivity contribution in [2.75, 3.05) is 36.4 Å². The standard InChI is InChI=1S/C16H16N8O3/c25-16(21-11-1-3-12(4-2-11)24(26)27)23-7-5-22(6-8-23)15-13-14(18-9-17-13)19-10-20-15/h1-4,9-10H,5-8H2,(H,21,25)(H,17,18,19,20). The van der Waals surface area contributed by atoms with Crippen molar-refractivity contribution in [3.05, 3.63) is 47.0 Å². The molecular formula is C16H16N8O3. The van der Waals surface area contributed by atoms with Gasteiger partial charge in [-0.05, 0) is 12.1 Å². The Morgan fingerprint density at radius 1 is 1.11 bits per heavy atom. The number of nitrogens with one attached hydrogen (secondary N) is 2. The smallest absolute Gasteiger partial charge is 0.321 e. The van der Waals surface area contributed by atoms with Crippen molar-refractivity contribution in [3.63, 3.8) is 0 Å². The van der Waals surface area contributed by atoms with Gasteiger partial charge < -0.3 is 20.1 Å². The second-order valence-electron chi connectivity index (χ2n) is 6.01. The molecule has 0 spiro atoms. The number of amides is 2. The number of aromatic amines is 1. The molecule has 27 heavy (non-hydrogen) atoms. The molecule has 11 heteroatoms. The van der Waals surface area contributed by atoms with E-state index in [1.165, 1.54) is 30.6 Å². The van der Waals surface area contributed by atoms with Gasteiger partial charge in [0, 0.05) is 44.0 Å². The van der Waals surface area contributed by atoms with Crippen LogP contribution in [-0.2, 0) is 0 Å². The number of piperazine rings is 1. The third kappa shape index (κ3) is 3.34. The third-order valence-electron chi connectivity index (χ3n) is 4.40. The molecule has 2 aromatic heterocycles. The lowest BCUT2D eigenvalue weighted by molar-refractivity contribution is -0.384. The van der Waals surface area contributed by atoms with Crippen LogP contribution >= 0.6 is 0 Å². The lowest BCUT2D eigenvalue weighted by atomic mass is 10.3. The summed E-state index contributed by atoms with van der Waals surface area (Å²) in [6.07, 6.45) is 3.06. The van der Waals surface area contributed by atoms with Gasteiger partial charge in [-0.1, -0.05) is 0 Å². The quantitative estimate of drug-likeness (QED) is 0.530. The average molecular weight is 368 g/mol. The molecule has 1 aromatic carbocycles. The fraction of sp³-hybridized carbons (Fsp3) is 0.250. The van der Waals surface area contributed by atoms with E-state index in [0.29, 0.717) is 37.5 Å². The lowest BCUT2D eigenvalue weighted by Crippen LogP contribution is -2.50. The van der Waals surface area contributed by atoms with Gasteiger partial charge >= 0.3 is 6.03 Å². The summed E-state index contributed by atoms with van der Waals surface area (Å²) in [7, 11) is 0. The summed E-state index contributed by atoms with van der Waals surface area (Å²) in [5.74, 6) is 0.771. The van der Waals surface area contributed by atoms with Gasteiger partial charge in [0.15, 0.2) is 11.5 Å². The number of benzene rings is 1. The fourth-order valence-corrected chi connectivity index (χ4v) is 2.98. The van der Waals surface area contributed by atoms with E-state index in [2.05, 4.69) is 30.2 Å². The summed E-state index contributed by atoms with van der Waals surface area (Å²) in [4.78, 5) is 42.0. The minimum absolute atomic E-state index is 0.0171. The summed E-state index contributed by atoms with van der Waals surface area (Å²) in [5.41, 5.74) is 1.89. The summed E-state index contributed by atoms with van der Waals surface area (Å²) in [6.45, 7) is 2.30. The Labute approximate surface area is 153 Å². The number of non-ortho nitro benzene ring substituents is 1. The van der Waals surface area contributed by atoms with Gasteiger partial charge in [-0.3, -0.25) is 10.1 Å². The molecule has 2 amide bonds. The maximum absolute atomic E-state index is 12.4. The summed E-state index contributed by atoms with van der Waals surface area (Å²) in [5, 5.41) is 13.4. The van der Waals surface area contributed by atoms with Crippen LogP contribution in [0, 0.1) is 10.1 Å². The predicted molar refractivity (Wildman–Crippen MR) is 97.6 cm³/mol. The van der Waals surface area contributed by atoms with Crippen LogP contribution in [0.3, 0.4) is 0 Å². The molecule has 0 radical (unpaired) electrons. The molecule has 4 rings (SSSR count). The largest absolute Gasteiger partial charge is 0.351 e. The predicted octanol–water partition coefficient (Wildman–Crippen LogP) is 1.62. The fourth-order valence-electron chi connectivity index (χ4n) is 2.98. The number of carbonyl (C=O) groups is 1. The normalized spacial score (nSPS) is 14.4. The number of rotatable bonds is 3. The highest BCUT2D eigenvalue weighted by Gasteiger charge is 2.23. The number of fused-ring (bicyclic) bond motifs is 1. The average Bonchev–Trinajstić information content (AvgIpc) is 3.17. The minimum atomic E-state index is -0.478. The van der Waals surface area contributed by atoms with Crippen molar-refractivity contribution in [1.82, 2.24) is 24.8 Å². The van der Waals surface area contributed by atoms with Gasteiger partial charge in [0.05, 0.1) is 11.3 Å². The molecule has 138 valence electrons. The van der Waals surface area contributed by atoms with Crippen molar-refractivity contribution in [2.45, 2.75) is 0 Å². The molecule has 2 N–H and O–H groups in total. The summed E-state index contributed by atoms with van der Waals surface area (Å²) in [6, 6.07) is 5.51. The van der Waals surface area contributed by atoms with Crippen LogP contribution in [0.25, 0.3) is 11.2 Å². The lowest BCUT2D eigenvalue weighted by Gasteiger charge is -2.35. The number of nitro groups is 1. The Balaban J connectivity index is 1.38. The topological polar surface area (TPSA) is 133 Å². The first-order valence-corrected chi connectivity index (χ1v) is 8.31. The van der Waals surface area contributed by atoms with Crippen LogP contribution in [0.15, 0.2) is 36.9 Å². The van der Waals surface area contributed by atoms with Crippen molar-refractivity contribution >= 4 is 34.4 Å². The molecule has 0 unspecified atom stereocenters. The molecule has 0 bridgehead atoms. The maximum Gasteiger partial charge on any atom is 0.321 e. The maximum atomic E-state index is 12.4. The van der Waals surface area contributed by atoms with E-state index >= 15 is 0 Å². The van der Waals surface area contributed by atoms with Gasteiger partial charge in [0.25, 0.3) is 5.69 Å². The number of nitro benzene ring substituents is 1. The van der Waals surface area contributed by atoms with Crippen LogP contribution < -0.4 is 10.2 Å². The number of nitrogens with zero attached hydrogens (tertiary/aromatic N) is 6. The highest BCUT2D eigenvalue weighted by Crippen LogP contribution is 2.21. The molecule has 11 nitrogen and oxygen atoms in total. The molecule has 1 fully saturated rings. The number of aromatic nitrogens is 4. The van der Waals surface area contributed by atoms with Crippen LogP contribution in [0.5, 0.6) is 0 Å². The first-order valence-electron chi connectivity index (χ1n) is 8.31. The molecule has 3 aromatic rings. The van der Waals surface area contributed by atoms with Gasteiger partial charge in [-0.2, -0.15) is 0 Å². The van der Waals surface area contributed by atoms with Crippen molar-refractivity contribution in [3.8, 4) is 0 Å². The number of hydrogen-bond acceptors (Lipinski definition) is 7. The zero-order valence-electron chi connectivity index (χ0n) is 14.2. The molecule has 0 saturated carbocycles. The van der Waals surface area contributed by atoms with Gasteiger partial charge in [0.1, 0.15) is 11.8 Å². The van der Waals surface area contributed by atoms with E-state index in [4.69, 9.17) is 0 Å². The Morgan fingerprint density at radius 3 is 2.56 bits per heavy atom. The van der Waals surface area contributed by atoms with Crippen LogP contribution in [0.1, 0.15) is 0 Å². The highest BCUT2D eigenvalue weighted by atomic mass is 16.6. The zero-order valence-corrected chi connectivity index (χ0v) is 14.2. The number of imidazole rings is 1. The van der Waals surface area contributed by atoms with Crippen LogP contribution in [0.2, 0.25) is 0 Å². The first kappa shape index (κ1) is 16.7. The van der Waals surface area contributed by atoms with E-state index in [9.17, 15) is 14.9 Å². The van der Waals surface area contributed by atoms with Gasteiger partial charge in [-0.15, -0.1) is 0 Å². The van der Waals surface area contributed by atoms with Crippen molar-refractivity contribution in [2.24, 2.45) is 0 Å². The monoisotopic (exact) mass is 368 g/mol. The van der Waals surface area contributed by atoms with Gasteiger partial charge in [0.2, 0.25) is 0 Å². The molecule has 3 heterocycles. The third-order valence-corrected chi connectivity index (χ3v) is 4.40. The Kier molecular flexibility index (Phi) is 4.24. The minimum Gasteiger partial charge on any atom is -0.351 e. The number of hydrogen-bond donors (Lipinski definition) is 2. The Morgan fingerprint density at radius 2 is 1.85 bits per heavy atom. The Hall–Kier alpha value is -3.76. The Bertz CT molecular complexity index is 979. The van der Waals surface area contributed by atoms with E-state index in [1.807, 2.05) is 0 Å². The second-order valence-corrected chi connectivity index (χ2v) is 6.01. The number of H-pyrrole nitrogens is 1. The summed E-state index contributed by atoms with van der Waals surface area (Å²) < 4.78 is 0. The number of anilines is 2. The molecule has 1 aliphatic heterocycles. The van der Waals surface area contributed by atoms with Crippen molar-refractivity contribution in [1.29, 1.82) is 0 Å². The molecule has 0 aliphatic carbocycles. The summed E-state index contributed by atoms with van der Waals surface area (Å²) >= 11 is 0. The second kappa shape index (κ2) is 6.86.